The molecule has 0 aliphatic carbocycles. The predicted octanol–water partition coefficient (Wildman–Crippen LogP) is 2.89. The number of H-pyrrole nitrogens is 1. The molecule has 0 radical (unpaired) electrons. The fourth-order valence-electron chi connectivity index (χ4n) is 2.19. The summed E-state index contributed by atoms with van der Waals surface area (Å²) in [6, 6.07) is 9.81. The first-order chi connectivity index (χ1) is 9.67. The van der Waals surface area contributed by atoms with Crippen LogP contribution in [0, 0.1) is 11.6 Å². The molecule has 0 aliphatic rings. The summed E-state index contributed by atoms with van der Waals surface area (Å²) in [6.07, 6.45) is 0.218. The predicted molar refractivity (Wildman–Crippen MR) is 73.1 cm³/mol. The molecule has 0 amide bonds. The van der Waals surface area contributed by atoms with Gasteiger partial charge < -0.3 is 10.7 Å². The number of nitrogens with one attached hydrogen (secondary N) is 1. The van der Waals surface area contributed by atoms with Gasteiger partial charge in [-0.15, -0.1) is 0 Å². The summed E-state index contributed by atoms with van der Waals surface area (Å²) < 4.78 is 26.8. The van der Waals surface area contributed by atoms with Gasteiger partial charge in [-0.1, -0.05) is 18.2 Å². The van der Waals surface area contributed by atoms with E-state index in [1.165, 1.54) is 6.07 Å². The summed E-state index contributed by atoms with van der Waals surface area (Å²) >= 11 is 0. The van der Waals surface area contributed by atoms with Crippen molar-refractivity contribution in [2.24, 2.45) is 5.73 Å². The lowest BCUT2D eigenvalue weighted by atomic mass is 10.1. The largest absolute Gasteiger partial charge is 0.342 e. The molecule has 3 aromatic rings. The van der Waals surface area contributed by atoms with Crippen LogP contribution < -0.4 is 5.73 Å². The van der Waals surface area contributed by atoms with E-state index in [0.717, 1.165) is 22.7 Å². The molecule has 0 unspecified atom stereocenters. The third-order valence-corrected chi connectivity index (χ3v) is 3.22. The van der Waals surface area contributed by atoms with Gasteiger partial charge in [0.15, 0.2) is 11.6 Å². The highest BCUT2D eigenvalue weighted by Crippen LogP contribution is 2.18. The Labute approximate surface area is 114 Å². The third-order valence-electron chi connectivity index (χ3n) is 3.22. The van der Waals surface area contributed by atoms with Gasteiger partial charge in [0.05, 0.1) is 11.0 Å². The van der Waals surface area contributed by atoms with E-state index in [2.05, 4.69) is 9.97 Å². The zero-order valence-corrected chi connectivity index (χ0v) is 10.7. The second-order valence-electron chi connectivity index (χ2n) is 4.63. The van der Waals surface area contributed by atoms with Crippen molar-refractivity contribution < 1.29 is 8.78 Å². The first-order valence-corrected chi connectivity index (χ1v) is 6.28. The zero-order chi connectivity index (χ0) is 14.1. The van der Waals surface area contributed by atoms with Gasteiger partial charge in [-0.3, -0.25) is 0 Å². The van der Waals surface area contributed by atoms with E-state index in [9.17, 15) is 8.78 Å². The lowest BCUT2D eigenvalue weighted by Gasteiger charge is -2.01. The molecule has 5 heteroatoms. The van der Waals surface area contributed by atoms with Gasteiger partial charge in [-0.25, -0.2) is 13.8 Å². The van der Waals surface area contributed by atoms with Crippen molar-refractivity contribution >= 4 is 11.0 Å². The van der Waals surface area contributed by atoms with Crippen LogP contribution >= 0.6 is 0 Å². The van der Waals surface area contributed by atoms with Gasteiger partial charge in [-0.2, -0.15) is 0 Å². The lowest BCUT2D eigenvalue weighted by Crippen LogP contribution is -1.97. The Hall–Kier alpha value is -2.27. The molecule has 102 valence electrons. The van der Waals surface area contributed by atoms with Crippen molar-refractivity contribution in [3.8, 4) is 0 Å². The Morgan fingerprint density at radius 3 is 2.80 bits per heavy atom. The number of rotatable bonds is 3. The topological polar surface area (TPSA) is 54.7 Å². The summed E-state index contributed by atoms with van der Waals surface area (Å²) in [6.45, 7) is 0.447. The molecule has 1 heterocycles. The van der Waals surface area contributed by atoms with Crippen molar-refractivity contribution in [1.82, 2.24) is 9.97 Å². The standard InChI is InChI=1S/C15H13F2N3/c16-11-3-1-2-10(15(11)17)7-14-19-12-5-4-9(8-18)6-13(12)20-14/h1-6H,7-8,18H2,(H,19,20). The molecule has 3 N–H and O–H groups in total. The molecule has 0 spiro atoms. The van der Waals surface area contributed by atoms with Crippen LogP contribution in [0.3, 0.4) is 0 Å². The van der Waals surface area contributed by atoms with E-state index in [1.807, 2.05) is 18.2 Å². The Morgan fingerprint density at radius 2 is 2.00 bits per heavy atom. The molecule has 3 nitrogen and oxygen atoms in total. The number of imidazole rings is 1. The highest BCUT2D eigenvalue weighted by atomic mass is 19.2. The highest BCUT2D eigenvalue weighted by Gasteiger charge is 2.10. The Kier molecular flexibility index (Phi) is 3.20. The minimum absolute atomic E-state index is 0.218. The van der Waals surface area contributed by atoms with Crippen LogP contribution in [0.15, 0.2) is 36.4 Å². The summed E-state index contributed by atoms with van der Waals surface area (Å²) in [4.78, 5) is 7.48. The second-order valence-corrected chi connectivity index (χ2v) is 4.63. The van der Waals surface area contributed by atoms with E-state index in [4.69, 9.17) is 5.73 Å². The molecular weight excluding hydrogens is 260 g/mol. The summed E-state index contributed by atoms with van der Waals surface area (Å²) in [5.74, 6) is -1.07. The molecular formula is C15H13F2N3. The average molecular weight is 273 g/mol. The van der Waals surface area contributed by atoms with E-state index in [0.29, 0.717) is 12.4 Å². The van der Waals surface area contributed by atoms with Crippen LogP contribution in [0.2, 0.25) is 0 Å². The first-order valence-electron chi connectivity index (χ1n) is 6.28. The number of hydrogen-bond donors (Lipinski definition) is 2. The van der Waals surface area contributed by atoms with Crippen LogP contribution in [-0.2, 0) is 13.0 Å². The number of fused-ring (bicyclic) bond motifs is 1. The molecule has 0 aliphatic heterocycles. The number of nitrogens with two attached hydrogens (primary N) is 1. The molecule has 0 atom stereocenters. The molecule has 0 saturated heterocycles. The highest BCUT2D eigenvalue weighted by molar-refractivity contribution is 5.75. The van der Waals surface area contributed by atoms with Crippen molar-refractivity contribution in [2.45, 2.75) is 13.0 Å². The normalized spacial score (nSPS) is 11.2. The van der Waals surface area contributed by atoms with Gasteiger partial charge in [-0.05, 0) is 29.3 Å². The SMILES string of the molecule is NCc1ccc2nc(Cc3cccc(F)c3F)[nH]c2c1. The Bertz CT molecular complexity index is 765. The number of benzene rings is 2. The van der Waals surface area contributed by atoms with E-state index >= 15 is 0 Å². The van der Waals surface area contributed by atoms with Gasteiger partial charge in [0.1, 0.15) is 5.82 Å². The molecule has 1 aromatic heterocycles. The molecule has 3 rings (SSSR count). The first kappa shape index (κ1) is 12.7. The molecule has 2 aromatic carbocycles. The molecule has 0 fully saturated rings. The number of aromatic nitrogens is 2. The van der Waals surface area contributed by atoms with Crippen LogP contribution in [0.25, 0.3) is 11.0 Å². The minimum Gasteiger partial charge on any atom is -0.342 e. The monoisotopic (exact) mass is 273 g/mol. The van der Waals surface area contributed by atoms with Gasteiger partial charge in [0.25, 0.3) is 0 Å². The third kappa shape index (κ3) is 2.28. The van der Waals surface area contributed by atoms with Gasteiger partial charge in [0, 0.05) is 13.0 Å². The average Bonchev–Trinajstić information content (AvgIpc) is 2.85. The lowest BCUT2D eigenvalue weighted by molar-refractivity contribution is 0.500. The van der Waals surface area contributed by atoms with E-state index in [-0.39, 0.29) is 12.0 Å². The fourth-order valence-corrected chi connectivity index (χ4v) is 2.19. The Morgan fingerprint density at radius 1 is 1.15 bits per heavy atom. The van der Waals surface area contributed by atoms with Crippen LogP contribution in [0.1, 0.15) is 17.0 Å². The maximum atomic E-state index is 13.6. The van der Waals surface area contributed by atoms with Gasteiger partial charge >= 0.3 is 0 Å². The summed E-state index contributed by atoms with van der Waals surface area (Å²) in [5.41, 5.74) is 8.49. The zero-order valence-electron chi connectivity index (χ0n) is 10.7. The van der Waals surface area contributed by atoms with Crippen molar-refractivity contribution in [1.29, 1.82) is 0 Å². The van der Waals surface area contributed by atoms with E-state index < -0.39 is 11.6 Å². The number of hydrogen-bond acceptors (Lipinski definition) is 2. The molecule has 0 saturated carbocycles. The maximum absolute atomic E-state index is 13.6. The smallest absolute Gasteiger partial charge is 0.162 e. The quantitative estimate of drug-likeness (QED) is 0.771. The number of halogens is 2. The van der Waals surface area contributed by atoms with Crippen molar-refractivity contribution in [2.75, 3.05) is 0 Å². The summed E-state index contributed by atoms with van der Waals surface area (Å²) in [7, 11) is 0. The second kappa shape index (κ2) is 5.02. The molecule has 20 heavy (non-hydrogen) atoms. The van der Waals surface area contributed by atoms with Crippen LogP contribution in [-0.4, -0.2) is 9.97 Å². The number of aromatic amines is 1. The van der Waals surface area contributed by atoms with Crippen LogP contribution in [0.4, 0.5) is 8.78 Å². The Balaban J connectivity index is 1.96. The fraction of sp³-hybridized carbons (Fsp3) is 0.133. The van der Waals surface area contributed by atoms with Crippen LogP contribution in [0.5, 0.6) is 0 Å². The maximum Gasteiger partial charge on any atom is 0.162 e. The van der Waals surface area contributed by atoms with E-state index in [1.54, 1.807) is 6.07 Å². The van der Waals surface area contributed by atoms with Crippen molar-refractivity contribution in [3.63, 3.8) is 0 Å². The van der Waals surface area contributed by atoms with Gasteiger partial charge in [0.2, 0.25) is 0 Å². The van der Waals surface area contributed by atoms with Crippen molar-refractivity contribution in [3.05, 3.63) is 65.0 Å². The number of nitrogens with zero attached hydrogens (tertiary/aromatic N) is 1. The minimum atomic E-state index is -0.843. The molecule has 0 bridgehead atoms. The summed E-state index contributed by atoms with van der Waals surface area (Å²) in [5, 5.41) is 0.